The van der Waals surface area contributed by atoms with E-state index in [0.29, 0.717) is 0 Å². The minimum Gasteiger partial charge on any atom is -0.237 e. The number of hydrogen-bond acceptors (Lipinski definition) is 0. The molecule has 2 aromatic rings. The Labute approximate surface area is 88.4 Å². The van der Waals surface area contributed by atoms with Crippen LogP contribution in [0.4, 0.5) is 4.39 Å². The van der Waals surface area contributed by atoms with Crippen molar-refractivity contribution in [3.8, 4) is 11.1 Å². The highest BCUT2D eigenvalue weighted by atomic mass is 19.1. The maximum atomic E-state index is 14.1. The van der Waals surface area contributed by atoms with Crippen molar-refractivity contribution in [2.75, 3.05) is 0 Å². The zero-order valence-electron chi connectivity index (χ0n) is 8.50. The first kappa shape index (κ1) is 8.66. The van der Waals surface area contributed by atoms with Gasteiger partial charge in [-0.2, -0.15) is 0 Å². The molecule has 1 aliphatic carbocycles. The third-order valence-electron chi connectivity index (χ3n) is 3.08. The fourth-order valence-electron chi connectivity index (χ4n) is 2.38. The van der Waals surface area contributed by atoms with Crippen LogP contribution in [-0.2, 0) is 0 Å². The predicted molar refractivity (Wildman–Crippen MR) is 59.6 cm³/mol. The van der Waals surface area contributed by atoms with E-state index >= 15 is 0 Å². The predicted octanol–water partition coefficient (Wildman–Crippen LogP) is 4.03. The number of hydrogen-bond donors (Lipinski definition) is 0. The van der Waals surface area contributed by atoms with Crippen LogP contribution in [0.5, 0.6) is 0 Å². The topological polar surface area (TPSA) is 0 Å². The standard InChI is InChI=1S/C14H11F/c1-9-5-4-8-12-13(9)10-6-2-3-7-11(10)14(12)15/h2-8,14H,1H3. The van der Waals surface area contributed by atoms with Crippen LogP contribution in [0.15, 0.2) is 42.5 Å². The van der Waals surface area contributed by atoms with Crippen LogP contribution in [0, 0.1) is 6.92 Å². The Kier molecular flexibility index (Phi) is 1.69. The molecule has 2 aromatic carbocycles. The molecule has 1 unspecified atom stereocenters. The summed E-state index contributed by atoms with van der Waals surface area (Å²) in [6.45, 7) is 2.04. The lowest BCUT2D eigenvalue weighted by molar-refractivity contribution is 0.409. The zero-order chi connectivity index (χ0) is 10.4. The van der Waals surface area contributed by atoms with Gasteiger partial charge in [-0.15, -0.1) is 0 Å². The highest BCUT2D eigenvalue weighted by Crippen LogP contribution is 2.46. The summed E-state index contributed by atoms with van der Waals surface area (Å²) in [6, 6.07) is 13.6. The molecule has 15 heavy (non-hydrogen) atoms. The molecule has 0 heterocycles. The molecule has 0 radical (unpaired) electrons. The second-order valence-electron chi connectivity index (χ2n) is 3.99. The maximum Gasteiger partial charge on any atom is 0.151 e. The highest BCUT2D eigenvalue weighted by molar-refractivity contribution is 5.80. The SMILES string of the molecule is Cc1cccc2c1-c1ccccc1C2F. The van der Waals surface area contributed by atoms with Gasteiger partial charge in [0.15, 0.2) is 6.17 Å². The Bertz CT molecular complexity index is 529. The molecule has 74 valence electrons. The first-order valence-electron chi connectivity index (χ1n) is 5.12. The second-order valence-corrected chi connectivity index (χ2v) is 3.99. The molecule has 0 aromatic heterocycles. The number of rotatable bonds is 0. The smallest absolute Gasteiger partial charge is 0.151 e. The third-order valence-corrected chi connectivity index (χ3v) is 3.08. The first-order valence-corrected chi connectivity index (χ1v) is 5.12. The molecular weight excluding hydrogens is 187 g/mol. The van der Waals surface area contributed by atoms with Gasteiger partial charge in [0.1, 0.15) is 0 Å². The summed E-state index contributed by atoms with van der Waals surface area (Å²) < 4.78 is 14.1. The lowest BCUT2D eigenvalue weighted by atomic mass is 10.0. The van der Waals surface area contributed by atoms with Gasteiger partial charge in [-0.05, 0) is 34.7 Å². The van der Waals surface area contributed by atoms with E-state index in [-0.39, 0.29) is 0 Å². The number of fused-ring (bicyclic) bond motifs is 3. The summed E-state index contributed by atoms with van der Waals surface area (Å²) in [5.74, 6) is 0. The van der Waals surface area contributed by atoms with E-state index in [1.807, 2.05) is 49.4 Å². The summed E-state index contributed by atoms with van der Waals surface area (Å²) in [7, 11) is 0. The van der Waals surface area contributed by atoms with E-state index in [1.54, 1.807) is 0 Å². The van der Waals surface area contributed by atoms with E-state index in [9.17, 15) is 4.39 Å². The maximum absolute atomic E-state index is 14.1. The molecular formula is C14H11F. The van der Waals surface area contributed by atoms with E-state index in [4.69, 9.17) is 0 Å². The van der Waals surface area contributed by atoms with Crippen molar-refractivity contribution < 1.29 is 4.39 Å². The van der Waals surface area contributed by atoms with E-state index in [0.717, 1.165) is 27.8 Å². The molecule has 0 aliphatic heterocycles. The van der Waals surface area contributed by atoms with Gasteiger partial charge in [-0.3, -0.25) is 0 Å². The van der Waals surface area contributed by atoms with Crippen molar-refractivity contribution in [2.24, 2.45) is 0 Å². The van der Waals surface area contributed by atoms with Crippen LogP contribution in [0.25, 0.3) is 11.1 Å². The van der Waals surface area contributed by atoms with Crippen LogP contribution in [-0.4, -0.2) is 0 Å². The van der Waals surface area contributed by atoms with Gasteiger partial charge >= 0.3 is 0 Å². The molecule has 0 spiro atoms. The number of aryl methyl sites for hydroxylation is 1. The molecule has 0 N–H and O–H groups in total. The van der Waals surface area contributed by atoms with Crippen LogP contribution < -0.4 is 0 Å². The third kappa shape index (κ3) is 1.06. The summed E-state index contributed by atoms with van der Waals surface area (Å²) in [5, 5.41) is 0. The van der Waals surface area contributed by atoms with Crippen molar-refractivity contribution in [1.82, 2.24) is 0 Å². The fraction of sp³-hybridized carbons (Fsp3) is 0.143. The molecule has 0 fully saturated rings. The Hall–Kier alpha value is -1.63. The molecule has 1 heteroatoms. The van der Waals surface area contributed by atoms with Gasteiger partial charge in [0.05, 0.1) is 0 Å². The zero-order valence-corrected chi connectivity index (χ0v) is 8.50. The van der Waals surface area contributed by atoms with Crippen molar-refractivity contribution in [3.05, 3.63) is 59.2 Å². The molecule has 1 atom stereocenters. The van der Waals surface area contributed by atoms with Crippen LogP contribution in [0.3, 0.4) is 0 Å². The van der Waals surface area contributed by atoms with E-state index in [1.165, 1.54) is 0 Å². The van der Waals surface area contributed by atoms with Crippen molar-refractivity contribution >= 4 is 0 Å². The van der Waals surface area contributed by atoms with E-state index in [2.05, 4.69) is 0 Å². The minimum absolute atomic E-state index is 0.807. The van der Waals surface area contributed by atoms with Crippen LogP contribution in [0.2, 0.25) is 0 Å². The lowest BCUT2D eigenvalue weighted by Gasteiger charge is -2.04. The van der Waals surface area contributed by atoms with Gasteiger partial charge in [0.25, 0.3) is 0 Å². The van der Waals surface area contributed by atoms with Crippen molar-refractivity contribution in [1.29, 1.82) is 0 Å². The summed E-state index contributed by atoms with van der Waals surface area (Å²) in [4.78, 5) is 0. The fourth-order valence-corrected chi connectivity index (χ4v) is 2.38. The lowest BCUT2D eigenvalue weighted by Crippen LogP contribution is -1.87. The van der Waals surface area contributed by atoms with Crippen LogP contribution >= 0.6 is 0 Å². The number of halogens is 1. The average molecular weight is 198 g/mol. The molecule has 0 amide bonds. The van der Waals surface area contributed by atoms with Gasteiger partial charge in [-0.25, -0.2) is 4.39 Å². The monoisotopic (exact) mass is 198 g/mol. The Balaban J connectivity index is 2.39. The second kappa shape index (κ2) is 2.93. The molecule has 0 bridgehead atoms. The van der Waals surface area contributed by atoms with Gasteiger partial charge in [0, 0.05) is 0 Å². The normalized spacial score (nSPS) is 17.3. The van der Waals surface area contributed by atoms with Gasteiger partial charge in [-0.1, -0.05) is 42.5 Å². The Morgan fingerprint density at radius 3 is 2.53 bits per heavy atom. The molecule has 0 nitrogen and oxygen atoms in total. The van der Waals surface area contributed by atoms with E-state index < -0.39 is 6.17 Å². The van der Waals surface area contributed by atoms with Crippen LogP contribution in [0.1, 0.15) is 22.9 Å². The summed E-state index contributed by atoms with van der Waals surface area (Å²) in [5.41, 5.74) is 4.91. The average Bonchev–Trinajstić information content (AvgIpc) is 2.55. The largest absolute Gasteiger partial charge is 0.237 e. The highest BCUT2D eigenvalue weighted by Gasteiger charge is 2.28. The quantitative estimate of drug-likeness (QED) is 0.599. The van der Waals surface area contributed by atoms with Gasteiger partial charge < -0.3 is 0 Å². The Morgan fingerprint density at radius 2 is 1.67 bits per heavy atom. The number of benzene rings is 2. The molecule has 1 aliphatic rings. The minimum atomic E-state index is -0.948. The van der Waals surface area contributed by atoms with Gasteiger partial charge in [0.2, 0.25) is 0 Å². The molecule has 3 rings (SSSR count). The first-order chi connectivity index (χ1) is 7.29. The summed E-state index contributed by atoms with van der Waals surface area (Å²) in [6.07, 6.45) is -0.948. The van der Waals surface area contributed by atoms with Crippen molar-refractivity contribution in [3.63, 3.8) is 0 Å². The number of alkyl halides is 1. The Morgan fingerprint density at radius 1 is 0.933 bits per heavy atom. The molecule has 0 saturated carbocycles. The molecule has 0 saturated heterocycles. The summed E-state index contributed by atoms with van der Waals surface area (Å²) >= 11 is 0. The van der Waals surface area contributed by atoms with Crippen molar-refractivity contribution in [2.45, 2.75) is 13.1 Å².